The van der Waals surface area contributed by atoms with Crippen LogP contribution in [0.2, 0.25) is 0 Å². The molecule has 0 bridgehead atoms. The lowest BCUT2D eigenvalue weighted by atomic mass is 10.2. The maximum atomic E-state index is 10.0. The summed E-state index contributed by atoms with van der Waals surface area (Å²) in [6, 6.07) is 7.88. The molecule has 0 unspecified atom stereocenters. The van der Waals surface area contributed by atoms with E-state index in [4.69, 9.17) is 0 Å². The zero-order chi connectivity index (χ0) is 8.10. The van der Waals surface area contributed by atoms with Crippen molar-refractivity contribution < 1.29 is 4.79 Å². The van der Waals surface area contributed by atoms with Crippen LogP contribution >= 0.6 is 0 Å². The van der Waals surface area contributed by atoms with Gasteiger partial charge < -0.3 is 10.1 Å². The fourth-order valence-corrected chi connectivity index (χ4v) is 0.923. The third-order valence-electron chi connectivity index (χ3n) is 1.52. The van der Waals surface area contributed by atoms with Crippen molar-refractivity contribution in [2.75, 3.05) is 11.9 Å². The smallest absolute Gasteiger partial charge is 0.139 e. The highest BCUT2D eigenvalue weighted by molar-refractivity contribution is 5.61. The van der Waals surface area contributed by atoms with Crippen LogP contribution in [-0.4, -0.2) is 12.8 Å². The molecule has 0 aromatic heterocycles. The summed E-state index contributed by atoms with van der Waals surface area (Å²) in [7, 11) is 0. The summed E-state index contributed by atoms with van der Waals surface area (Å²) in [6.45, 7) is 2.39. The molecule has 0 aliphatic carbocycles. The fourth-order valence-electron chi connectivity index (χ4n) is 0.923. The average molecular weight is 149 g/mol. The third-order valence-corrected chi connectivity index (χ3v) is 1.52. The first-order chi connectivity index (χ1) is 5.34. The van der Waals surface area contributed by atoms with Crippen LogP contribution in [-0.2, 0) is 4.79 Å². The monoisotopic (exact) mass is 149 g/mol. The molecular weight excluding hydrogens is 138 g/mol. The quantitative estimate of drug-likeness (QED) is 0.661. The SMILES string of the molecule is Cc1ccccc1NCC=O. The van der Waals surface area contributed by atoms with Crippen LogP contribution in [0.15, 0.2) is 24.3 Å². The number of hydrogen-bond acceptors (Lipinski definition) is 2. The number of aldehydes is 1. The predicted octanol–water partition coefficient (Wildman–Crippen LogP) is 1.61. The van der Waals surface area contributed by atoms with Crippen molar-refractivity contribution in [3.63, 3.8) is 0 Å². The number of rotatable bonds is 3. The molecule has 0 aliphatic heterocycles. The first-order valence-electron chi connectivity index (χ1n) is 3.57. The van der Waals surface area contributed by atoms with E-state index in [0.29, 0.717) is 6.54 Å². The van der Waals surface area contributed by atoms with E-state index in [-0.39, 0.29) is 0 Å². The summed E-state index contributed by atoms with van der Waals surface area (Å²) in [5, 5.41) is 2.99. The molecule has 1 N–H and O–H groups in total. The van der Waals surface area contributed by atoms with Gasteiger partial charge in [0.2, 0.25) is 0 Å². The molecule has 0 aliphatic rings. The van der Waals surface area contributed by atoms with Gasteiger partial charge in [-0.15, -0.1) is 0 Å². The normalized spacial score (nSPS) is 9.18. The van der Waals surface area contributed by atoms with Gasteiger partial charge in [0.1, 0.15) is 6.29 Å². The fraction of sp³-hybridized carbons (Fsp3) is 0.222. The number of carbonyl (C=O) groups is 1. The van der Waals surface area contributed by atoms with Crippen molar-refractivity contribution in [2.45, 2.75) is 6.92 Å². The molecule has 0 fully saturated rings. The summed E-state index contributed by atoms with van der Waals surface area (Å²) in [6.07, 6.45) is 0.854. The van der Waals surface area contributed by atoms with Crippen molar-refractivity contribution in [1.29, 1.82) is 0 Å². The Balaban J connectivity index is 2.69. The zero-order valence-electron chi connectivity index (χ0n) is 6.50. The number of anilines is 1. The van der Waals surface area contributed by atoms with Gasteiger partial charge >= 0.3 is 0 Å². The molecule has 0 atom stereocenters. The van der Waals surface area contributed by atoms with Crippen molar-refractivity contribution in [3.05, 3.63) is 29.8 Å². The average Bonchev–Trinajstić information content (AvgIpc) is 2.03. The second kappa shape index (κ2) is 3.76. The Kier molecular flexibility index (Phi) is 2.66. The van der Waals surface area contributed by atoms with Gasteiger partial charge in [-0.25, -0.2) is 0 Å². The van der Waals surface area contributed by atoms with Crippen LogP contribution in [0, 0.1) is 6.92 Å². The minimum atomic E-state index is 0.380. The van der Waals surface area contributed by atoms with Crippen molar-refractivity contribution >= 4 is 12.0 Å². The van der Waals surface area contributed by atoms with Crippen LogP contribution in [0.4, 0.5) is 5.69 Å². The summed E-state index contributed by atoms with van der Waals surface area (Å²) in [4.78, 5) is 10.0. The first-order valence-corrected chi connectivity index (χ1v) is 3.57. The molecule has 0 radical (unpaired) electrons. The van der Waals surface area contributed by atoms with Gasteiger partial charge in [0, 0.05) is 5.69 Å². The van der Waals surface area contributed by atoms with Crippen LogP contribution in [0.5, 0.6) is 0 Å². The molecule has 0 heterocycles. The van der Waals surface area contributed by atoms with E-state index in [1.54, 1.807) is 0 Å². The largest absolute Gasteiger partial charge is 0.378 e. The predicted molar refractivity (Wildman–Crippen MR) is 45.7 cm³/mol. The van der Waals surface area contributed by atoms with E-state index in [2.05, 4.69) is 5.32 Å². The van der Waals surface area contributed by atoms with E-state index in [9.17, 15) is 4.79 Å². The standard InChI is InChI=1S/C9H11NO/c1-8-4-2-3-5-9(8)10-6-7-11/h2-5,7,10H,6H2,1H3. The summed E-state index contributed by atoms with van der Waals surface area (Å²) in [5.74, 6) is 0. The van der Waals surface area contributed by atoms with E-state index in [1.165, 1.54) is 0 Å². The third kappa shape index (κ3) is 2.08. The highest BCUT2D eigenvalue weighted by Crippen LogP contribution is 2.11. The summed E-state index contributed by atoms with van der Waals surface area (Å²) in [5.41, 5.74) is 2.19. The molecular formula is C9H11NO. The van der Waals surface area contributed by atoms with Gasteiger partial charge in [-0.2, -0.15) is 0 Å². The molecule has 1 aromatic carbocycles. The molecule has 2 heteroatoms. The number of para-hydroxylation sites is 1. The molecule has 0 saturated heterocycles. The van der Waals surface area contributed by atoms with Gasteiger partial charge in [0.15, 0.2) is 0 Å². The van der Waals surface area contributed by atoms with Crippen LogP contribution in [0.3, 0.4) is 0 Å². The van der Waals surface area contributed by atoms with Crippen LogP contribution in [0.1, 0.15) is 5.56 Å². The minimum absolute atomic E-state index is 0.380. The molecule has 1 rings (SSSR count). The van der Waals surface area contributed by atoms with Gasteiger partial charge in [-0.1, -0.05) is 18.2 Å². The highest BCUT2D eigenvalue weighted by atomic mass is 16.1. The van der Waals surface area contributed by atoms with E-state index in [0.717, 1.165) is 17.5 Å². The summed E-state index contributed by atoms with van der Waals surface area (Å²) >= 11 is 0. The number of nitrogens with one attached hydrogen (secondary N) is 1. The van der Waals surface area contributed by atoms with Crippen LogP contribution in [0.25, 0.3) is 0 Å². The number of hydrogen-bond donors (Lipinski definition) is 1. The van der Waals surface area contributed by atoms with Gasteiger partial charge in [0.25, 0.3) is 0 Å². The lowest BCUT2D eigenvalue weighted by Crippen LogP contribution is -2.02. The maximum absolute atomic E-state index is 10.0. The van der Waals surface area contributed by atoms with Gasteiger partial charge in [-0.3, -0.25) is 0 Å². The first kappa shape index (κ1) is 7.79. The Morgan fingerprint density at radius 1 is 1.45 bits per heavy atom. The molecule has 58 valence electrons. The maximum Gasteiger partial charge on any atom is 0.139 e. The summed E-state index contributed by atoms with van der Waals surface area (Å²) < 4.78 is 0. The van der Waals surface area contributed by atoms with Gasteiger partial charge in [-0.05, 0) is 18.6 Å². The van der Waals surface area contributed by atoms with Crippen molar-refractivity contribution in [1.82, 2.24) is 0 Å². The molecule has 0 spiro atoms. The van der Waals surface area contributed by atoms with Crippen LogP contribution < -0.4 is 5.32 Å². The topological polar surface area (TPSA) is 29.1 Å². The Morgan fingerprint density at radius 3 is 2.82 bits per heavy atom. The Hall–Kier alpha value is -1.31. The zero-order valence-corrected chi connectivity index (χ0v) is 6.50. The highest BCUT2D eigenvalue weighted by Gasteiger charge is 1.92. The van der Waals surface area contributed by atoms with Gasteiger partial charge in [0.05, 0.1) is 6.54 Å². The van der Waals surface area contributed by atoms with Crippen molar-refractivity contribution in [3.8, 4) is 0 Å². The lowest BCUT2D eigenvalue weighted by Gasteiger charge is -2.04. The Bertz CT molecular complexity index is 245. The Morgan fingerprint density at radius 2 is 2.18 bits per heavy atom. The molecule has 0 saturated carbocycles. The minimum Gasteiger partial charge on any atom is -0.378 e. The molecule has 1 aromatic rings. The lowest BCUT2D eigenvalue weighted by molar-refractivity contribution is -0.106. The second-order valence-electron chi connectivity index (χ2n) is 2.36. The molecule has 11 heavy (non-hydrogen) atoms. The number of carbonyl (C=O) groups excluding carboxylic acids is 1. The molecule has 0 amide bonds. The van der Waals surface area contributed by atoms with Crippen molar-refractivity contribution in [2.24, 2.45) is 0 Å². The molecule has 2 nitrogen and oxygen atoms in total. The van der Waals surface area contributed by atoms with E-state index in [1.807, 2.05) is 31.2 Å². The second-order valence-corrected chi connectivity index (χ2v) is 2.36. The number of aryl methyl sites for hydroxylation is 1. The van der Waals surface area contributed by atoms with E-state index >= 15 is 0 Å². The van der Waals surface area contributed by atoms with E-state index < -0.39 is 0 Å². The number of benzene rings is 1. The Labute approximate surface area is 66.2 Å².